The normalized spacial score (nSPS) is 27.6. The van der Waals surface area contributed by atoms with Crippen molar-refractivity contribution in [1.29, 1.82) is 0 Å². The Morgan fingerprint density at radius 3 is 2.60 bits per heavy atom. The zero-order chi connectivity index (χ0) is 28.5. The predicted octanol–water partition coefficient (Wildman–Crippen LogP) is 8.90. The summed E-state index contributed by atoms with van der Waals surface area (Å²) in [5.41, 5.74) is 4.04. The molecule has 0 spiro atoms. The van der Waals surface area contributed by atoms with Crippen LogP contribution in [0.15, 0.2) is 48.5 Å². The van der Waals surface area contributed by atoms with Gasteiger partial charge >= 0.3 is 0 Å². The number of ether oxygens (including phenoxy) is 3. The van der Waals surface area contributed by atoms with Crippen molar-refractivity contribution in [3.05, 3.63) is 65.2 Å². The monoisotopic (exact) mass is 548 g/mol. The summed E-state index contributed by atoms with van der Waals surface area (Å²) < 4.78 is 17.5. The van der Waals surface area contributed by atoms with E-state index in [4.69, 9.17) is 14.2 Å². The number of carbonyl (C=O) groups excluding carboxylic acids is 1. The number of hydrogen-bond donors (Lipinski definition) is 0. The van der Waals surface area contributed by atoms with Crippen molar-refractivity contribution in [1.82, 2.24) is 0 Å². The summed E-state index contributed by atoms with van der Waals surface area (Å²) >= 11 is 0. The molecule has 4 nitrogen and oxygen atoms in total. The van der Waals surface area contributed by atoms with Crippen LogP contribution in [-0.2, 0) is 27.3 Å². The van der Waals surface area contributed by atoms with Crippen LogP contribution in [0.25, 0.3) is 0 Å². The quantitative estimate of drug-likeness (QED) is 0.196. The fourth-order valence-electron chi connectivity index (χ4n) is 7.94. The van der Waals surface area contributed by atoms with Crippen molar-refractivity contribution in [3.8, 4) is 5.75 Å². The Morgan fingerprint density at radius 1 is 1.05 bits per heavy atom. The van der Waals surface area contributed by atoms with E-state index in [0.717, 1.165) is 70.1 Å². The Kier molecular flexibility index (Phi) is 11.3. The second-order valence-electron chi connectivity index (χ2n) is 12.1. The van der Waals surface area contributed by atoms with Crippen LogP contribution in [0.5, 0.6) is 5.75 Å². The molecule has 6 unspecified atom stereocenters. The third-order valence-corrected chi connectivity index (χ3v) is 9.85. The van der Waals surface area contributed by atoms with Gasteiger partial charge in [-0.3, -0.25) is 4.79 Å². The first-order valence-corrected chi connectivity index (χ1v) is 16.0. The molecule has 3 aliphatic carbocycles. The van der Waals surface area contributed by atoms with E-state index >= 15 is 0 Å². The fourth-order valence-corrected chi connectivity index (χ4v) is 7.94. The van der Waals surface area contributed by atoms with Gasteiger partial charge in [0.2, 0.25) is 0 Å². The molecular weight excluding hydrogens is 496 g/mol. The molecule has 220 valence electrons. The summed E-state index contributed by atoms with van der Waals surface area (Å²) in [5, 5.41) is 0. The van der Waals surface area contributed by atoms with Crippen LogP contribution < -0.4 is 4.74 Å². The minimum absolute atomic E-state index is 0.0815. The standard InChI is InChI=1S/C34H46O4.C2H6/c1-4-10-32(36-3)37-20-9-8-13-26-22-31(35)34(2)19-18-29-28-17-15-27(38-23-24-11-6-5-7-12-24)21-25(28)14-16-30(29)33(26)34;1-2/h5-7,11-12,15,17,21,26,29-30,32-33H,4,8-10,13-14,16,18-20,22-23H2,1-3H3;1-2H3. The predicted molar refractivity (Wildman–Crippen MR) is 163 cm³/mol. The maximum atomic E-state index is 13.3. The number of carbonyl (C=O) groups is 1. The van der Waals surface area contributed by atoms with E-state index < -0.39 is 0 Å². The molecular formula is C36H52O4. The number of aryl methyl sites for hydroxylation is 1. The van der Waals surface area contributed by atoms with Gasteiger partial charge in [0.1, 0.15) is 18.1 Å². The minimum atomic E-state index is -0.124. The van der Waals surface area contributed by atoms with Gasteiger partial charge in [0.25, 0.3) is 0 Å². The van der Waals surface area contributed by atoms with Crippen LogP contribution in [0.3, 0.4) is 0 Å². The first-order valence-electron chi connectivity index (χ1n) is 16.0. The number of unbranched alkanes of at least 4 members (excludes halogenated alkanes) is 1. The molecule has 5 rings (SSSR count). The lowest BCUT2D eigenvalue weighted by Crippen LogP contribution is -2.44. The summed E-state index contributed by atoms with van der Waals surface area (Å²) in [6.07, 6.45) is 10.5. The van der Waals surface area contributed by atoms with Crippen LogP contribution in [0.2, 0.25) is 0 Å². The van der Waals surface area contributed by atoms with Gasteiger partial charge in [-0.25, -0.2) is 0 Å². The van der Waals surface area contributed by atoms with Crippen LogP contribution in [0, 0.1) is 23.2 Å². The molecule has 0 aromatic heterocycles. The van der Waals surface area contributed by atoms with Crippen molar-refractivity contribution in [2.45, 2.75) is 111 Å². The molecule has 0 amide bonds. The summed E-state index contributed by atoms with van der Waals surface area (Å²) in [6.45, 7) is 9.80. The molecule has 4 heteroatoms. The average Bonchev–Trinajstić information content (AvgIpc) is 3.25. The van der Waals surface area contributed by atoms with Crippen molar-refractivity contribution in [3.63, 3.8) is 0 Å². The maximum absolute atomic E-state index is 13.3. The third kappa shape index (κ3) is 6.82. The highest BCUT2D eigenvalue weighted by atomic mass is 16.7. The molecule has 2 aromatic rings. The maximum Gasteiger partial charge on any atom is 0.157 e. The molecule has 40 heavy (non-hydrogen) atoms. The lowest BCUT2D eigenvalue weighted by atomic mass is 9.54. The zero-order valence-corrected chi connectivity index (χ0v) is 25.6. The Balaban J connectivity index is 0.00000181. The first-order chi connectivity index (χ1) is 19.5. The van der Waals surface area contributed by atoms with Gasteiger partial charge in [-0.15, -0.1) is 0 Å². The van der Waals surface area contributed by atoms with E-state index in [1.807, 2.05) is 19.9 Å². The largest absolute Gasteiger partial charge is 0.489 e. The molecule has 0 N–H and O–H groups in total. The Labute approximate surface area is 243 Å². The van der Waals surface area contributed by atoms with Crippen LogP contribution in [-0.4, -0.2) is 25.8 Å². The van der Waals surface area contributed by atoms with Gasteiger partial charge in [-0.05, 0) is 97.4 Å². The van der Waals surface area contributed by atoms with Crippen molar-refractivity contribution < 1.29 is 19.0 Å². The highest BCUT2D eigenvalue weighted by molar-refractivity contribution is 5.87. The topological polar surface area (TPSA) is 44.8 Å². The highest BCUT2D eigenvalue weighted by Gasteiger charge is 2.58. The van der Waals surface area contributed by atoms with E-state index in [1.54, 1.807) is 7.11 Å². The van der Waals surface area contributed by atoms with Gasteiger partial charge in [-0.2, -0.15) is 0 Å². The van der Waals surface area contributed by atoms with E-state index in [0.29, 0.717) is 36.1 Å². The molecule has 6 atom stereocenters. The summed E-state index contributed by atoms with van der Waals surface area (Å²) in [5.74, 6) is 3.73. The number of ketones is 1. The van der Waals surface area contributed by atoms with Gasteiger partial charge in [-0.1, -0.05) is 76.9 Å². The number of fused-ring (bicyclic) bond motifs is 5. The molecule has 0 heterocycles. The number of rotatable bonds is 12. The van der Waals surface area contributed by atoms with Gasteiger partial charge < -0.3 is 14.2 Å². The summed E-state index contributed by atoms with van der Waals surface area (Å²) in [7, 11) is 1.73. The SMILES string of the molecule is CC.CCCC(OC)OCCCCC1CC(=O)C2(C)CCC3c4ccc(OCc5ccccc5)cc4CCC3C12. The van der Waals surface area contributed by atoms with Crippen LogP contribution in [0.1, 0.15) is 108 Å². The number of hydrogen-bond acceptors (Lipinski definition) is 4. The van der Waals surface area contributed by atoms with Gasteiger partial charge in [0.05, 0.1) is 0 Å². The molecule has 0 bridgehead atoms. The van der Waals surface area contributed by atoms with Crippen molar-refractivity contribution in [2.75, 3.05) is 13.7 Å². The smallest absolute Gasteiger partial charge is 0.157 e. The second kappa shape index (κ2) is 14.6. The van der Waals surface area contributed by atoms with Gasteiger partial charge in [0.15, 0.2) is 6.29 Å². The lowest BCUT2D eigenvalue weighted by molar-refractivity contribution is -0.129. The Bertz CT molecular complexity index is 1070. The van der Waals surface area contributed by atoms with Crippen LogP contribution >= 0.6 is 0 Å². The molecule has 0 saturated heterocycles. The molecule has 0 aliphatic heterocycles. The van der Waals surface area contributed by atoms with E-state index in [2.05, 4.69) is 56.3 Å². The number of benzene rings is 2. The van der Waals surface area contributed by atoms with E-state index in [-0.39, 0.29) is 11.7 Å². The van der Waals surface area contributed by atoms with Crippen molar-refractivity contribution >= 4 is 5.78 Å². The molecule has 2 fully saturated rings. The van der Waals surface area contributed by atoms with E-state index in [1.165, 1.54) is 23.1 Å². The third-order valence-electron chi connectivity index (χ3n) is 9.85. The lowest BCUT2D eigenvalue weighted by Gasteiger charge is -2.50. The van der Waals surface area contributed by atoms with E-state index in [9.17, 15) is 4.79 Å². The second-order valence-corrected chi connectivity index (χ2v) is 12.1. The average molecular weight is 549 g/mol. The van der Waals surface area contributed by atoms with Crippen molar-refractivity contribution in [2.24, 2.45) is 23.2 Å². The zero-order valence-electron chi connectivity index (χ0n) is 25.6. The highest BCUT2D eigenvalue weighted by Crippen LogP contribution is 2.62. The first kappa shape index (κ1) is 30.8. The molecule has 3 aliphatic rings. The molecule has 0 radical (unpaired) electrons. The van der Waals surface area contributed by atoms with Gasteiger partial charge in [0, 0.05) is 25.6 Å². The number of methoxy groups -OCH3 is 1. The molecule has 2 aromatic carbocycles. The minimum Gasteiger partial charge on any atom is -0.489 e. The summed E-state index contributed by atoms with van der Waals surface area (Å²) in [4.78, 5) is 13.3. The number of Topliss-reactive ketones (excluding diaryl/α,β-unsaturated/α-hetero) is 1. The fraction of sp³-hybridized carbons (Fsp3) is 0.639. The molecule has 2 saturated carbocycles. The summed E-state index contributed by atoms with van der Waals surface area (Å²) in [6, 6.07) is 17.2. The Morgan fingerprint density at radius 2 is 1.85 bits per heavy atom. The Hall–Kier alpha value is -2.17. The van der Waals surface area contributed by atoms with Crippen LogP contribution in [0.4, 0.5) is 0 Å².